The van der Waals surface area contributed by atoms with Gasteiger partial charge in [-0.05, 0) is 26.3 Å². The van der Waals surface area contributed by atoms with Crippen LogP contribution in [0.15, 0.2) is 54.2 Å². The van der Waals surface area contributed by atoms with Crippen molar-refractivity contribution in [3.05, 3.63) is 54.2 Å². The van der Waals surface area contributed by atoms with Gasteiger partial charge in [0.15, 0.2) is 0 Å². The number of thiazole rings is 1. The summed E-state index contributed by atoms with van der Waals surface area (Å²) in [7, 11) is 3.54. The number of rotatable bonds is 6. The normalized spacial score (nSPS) is 15.1. The Morgan fingerprint density at radius 1 is 1.14 bits per heavy atom. The van der Waals surface area contributed by atoms with Gasteiger partial charge in [0.2, 0.25) is 5.95 Å². The molecule has 0 saturated carbocycles. The second kappa shape index (κ2) is 11.3. The van der Waals surface area contributed by atoms with Crippen LogP contribution >= 0.6 is 11.3 Å². The number of nitrogens with zero attached hydrogens (tertiary/aromatic N) is 6. The fourth-order valence-electron chi connectivity index (χ4n) is 3.45. The molecule has 1 amide bonds. The maximum absolute atomic E-state index is 10.6. The van der Waals surface area contributed by atoms with Gasteiger partial charge < -0.3 is 20.1 Å². The minimum absolute atomic E-state index is 0.0223. The summed E-state index contributed by atoms with van der Waals surface area (Å²) in [6.45, 7) is 4.62. The number of aryl methyl sites for hydroxylation is 1. The maximum atomic E-state index is 10.6. The Morgan fingerprint density at radius 3 is 2.56 bits per heavy atom. The molecule has 4 heterocycles. The fourth-order valence-corrected chi connectivity index (χ4v) is 4.27. The first-order valence-corrected chi connectivity index (χ1v) is 12.4. The van der Waals surface area contributed by atoms with Crippen LogP contribution in [0.3, 0.4) is 0 Å². The van der Waals surface area contributed by atoms with Crippen molar-refractivity contribution in [2.45, 2.75) is 32.5 Å². The van der Waals surface area contributed by atoms with E-state index in [1.807, 2.05) is 68.9 Å². The second-order valence-corrected chi connectivity index (χ2v) is 9.40. The predicted molar refractivity (Wildman–Crippen MR) is 139 cm³/mol. The van der Waals surface area contributed by atoms with E-state index in [-0.39, 0.29) is 12.0 Å². The van der Waals surface area contributed by atoms with E-state index >= 15 is 0 Å². The van der Waals surface area contributed by atoms with E-state index in [9.17, 15) is 4.79 Å². The number of anilines is 2. The number of amides is 1. The molecule has 188 valence electrons. The van der Waals surface area contributed by atoms with Crippen LogP contribution in [0.2, 0.25) is 0 Å². The molecular weight excluding hydrogens is 478 g/mol. The lowest BCUT2D eigenvalue weighted by atomic mass is 10.2. The van der Waals surface area contributed by atoms with Crippen LogP contribution in [0.5, 0.6) is 5.88 Å². The molecule has 5 rings (SSSR count). The highest BCUT2D eigenvalue weighted by Gasteiger charge is 2.26. The van der Waals surface area contributed by atoms with E-state index < -0.39 is 6.10 Å². The Morgan fingerprint density at radius 2 is 1.92 bits per heavy atom. The molecule has 1 aliphatic heterocycles. The highest BCUT2D eigenvalue weighted by Crippen LogP contribution is 2.29. The van der Waals surface area contributed by atoms with Crippen molar-refractivity contribution in [3.63, 3.8) is 0 Å². The molecule has 36 heavy (non-hydrogen) atoms. The molecule has 1 aliphatic rings. The number of likely N-dealkylation sites (N-methyl/N-ethyl adjacent to an activating group) is 1. The smallest absolute Gasteiger partial charge is 0.257 e. The van der Waals surface area contributed by atoms with Crippen molar-refractivity contribution in [2.75, 3.05) is 18.9 Å². The third kappa shape index (κ3) is 6.23. The molecule has 1 aromatic carbocycles. The molecule has 1 saturated heterocycles. The van der Waals surface area contributed by atoms with Gasteiger partial charge in [-0.1, -0.05) is 30.3 Å². The lowest BCUT2D eigenvalue weighted by Gasteiger charge is -2.09. The Labute approximate surface area is 213 Å². The van der Waals surface area contributed by atoms with Crippen molar-refractivity contribution in [3.8, 4) is 27.8 Å². The molecule has 0 radical (unpaired) electrons. The predicted octanol–water partition coefficient (Wildman–Crippen LogP) is 3.74. The number of likely N-dealkylation sites (tertiary alicyclic amines) is 1. The van der Waals surface area contributed by atoms with Crippen LogP contribution in [0.1, 0.15) is 20.3 Å². The van der Waals surface area contributed by atoms with Crippen LogP contribution in [0, 0.1) is 0 Å². The lowest BCUT2D eigenvalue weighted by molar-refractivity contribution is -0.133. The molecule has 4 aromatic rings. The van der Waals surface area contributed by atoms with Crippen LogP contribution in [0.25, 0.3) is 22.0 Å². The van der Waals surface area contributed by atoms with Gasteiger partial charge in [-0.2, -0.15) is 0 Å². The van der Waals surface area contributed by atoms with Gasteiger partial charge in [-0.3, -0.25) is 9.48 Å². The number of hydrogen-bond acceptors (Lipinski definition) is 9. The summed E-state index contributed by atoms with van der Waals surface area (Å²) < 4.78 is 7.44. The van der Waals surface area contributed by atoms with Gasteiger partial charge in [0.1, 0.15) is 22.5 Å². The number of aliphatic hydroxyl groups is 1. The average molecular weight is 508 g/mol. The number of nitrogens with one attached hydrogen (secondary N) is 1. The zero-order valence-electron chi connectivity index (χ0n) is 20.6. The zero-order valence-corrected chi connectivity index (χ0v) is 21.4. The van der Waals surface area contributed by atoms with Gasteiger partial charge in [0, 0.05) is 37.8 Å². The molecule has 3 aromatic heterocycles. The molecule has 2 N–H and O–H groups in total. The third-order valence-electron chi connectivity index (χ3n) is 5.23. The van der Waals surface area contributed by atoms with E-state index in [4.69, 9.17) is 14.8 Å². The van der Waals surface area contributed by atoms with Gasteiger partial charge in [0.05, 0.1) is 18.0 Å². The largest absolute Gasteiger partial charge is 0.472 e. The van der Waals surface area contributed by atoms with Crippen LogP contribution in [0.4, 0.5) is 11.6 Å². The molecule has 1 unspecified atom stereocenters. The highest BCUT2D eigenvalue weighted by molar-refractivity contribution is 7.13. The van der Waals surface area contributed by atoms with E-state index in [1.165, 1.54) is 4.90 Å². The van der Waals surface area contributed by atoms with Crippen molar-refractivity contribution in [1.29, 1.82) is 0 Å². The summed E-state index contributed by atoms with van der Waals surface area (Å²) in [6, 6.07) is 12.0. The zero-order chi connectivity index (χ0) is 25.7. The number of carbonyl (C=O) groups is 1. The Balaban J connectivity index is 0.000000325. The number of benzene rings is 1. The number of carbonyl (C=O) groups excluding carboxylic acids is 1. The Hall–Kier alpha value is -3.83. The Kier molecular flexibility index (Phi) is 7.91. The summed E-state index contributed by atoms with van der Waals surface area (Å²) in [4.78, 5) is 25.8. The quantitative estimate of drug-likeness (QED) is 0.405. The van der Waals surface area contributed by atoms with E-state index in [0.717, 1.165) is 27.6 Å². The third-order valence-corrected chi connectivity index (χ3v) is 6.12. The summed E-state index contributed by atoms with van der Waals surface area (Å²) in [5.74, 6) is 0.838. The summed E-state index contributed by atoms with van der Waals surface area (Å²) in [6.07, 6.45) is 3.44. The number of aliphatic hydroxyl groups excluding tert-OH is 1. The minimum Gasteiger partial charge on any atom is -0.472 e. The van der Waals surface area contributed by atoms with Gasteiger partial charge in [0.25, 0.3) is 11.8 Å². The van der Waals surface area contributed by atoms with Crippen molar-refractivity contribution in [2.24, 2.45) is 7.05 Å². The topological polar surface area (TPSA) is 118 Å². The Bertz CT molecular complexity index is 1290. The molecule has 0 aliphatic carbocycles. The van der Waals surface area contributed by atoms with Crippen LogP contribution in [-0.4, -0.2) is 66.4 Å². The van der Waals surface area contributed by atoms with E-state index in [0.29, 0.717) is 24.8 Å². The monoisotopic (exact) mass is 507 g/mol. The van der Waals surface area contributed by atoms with Crippen LogP contribution < -0.4 is 10.1 Å². The standard InChI is InChI=1S/C20H20N6OS.C5H9NO2/c1-13(2)27-18-16(11-26(3)25-18)24-20-21-10-9-15(23-20)17-12-28-19(22-17)14-7-5-4-6-8-14;1-6-3-2-4(7)5(6)8/h4-13H,1-3H3,(H,21,23,24);4,7H,2-3H2,1H3. The molecule has 0 bridgehead atoms. The van der Waals surface area contributed by atoms with Crippen molar-refractivity contribution < 1.29 is 14.6 Å². The molecule has 1 fully saturated rings. The molecule has 11 heteroatoms. The van der Waals surface area contributed by atoms with E-state index in [1.54, 1.807) is 29.3 Å². The van der Waals surface area contributed by atoms with Crippen LogP contribution in [-0.2, 0) is 11.8 Å². The van der Waals surface area contributed by atoms with Gasteiger partial charge >= 0.3 is 0 Å². The van der Waals surface area contributed by atoms with Gasteiger partial charge in [-0.25, -0.2) is 15.0 Å². The number of ether oxygens (including phenoxy) is 1. The first-order chi connectivity index (χ1) is 17.3. The summed E-state index contributed by atoms with van der Waals surface area (Å²) >= 11 is 1.59. The minimum atomic E-state index is -0.722. The van der Waals surface area contributed by atoms with Gasteiger partial charge in [-0.15, -0.1) is 16.4 Å². The van der Waals surface area contributed by atoms with Crippen molar-refractivity contribution in [1.82, 2.24) is 29.6 Å². The SMILES string of the molecule is CC(C)Oc1nn(C)cc1Nc1nccc(-c2csc(-c3ccccc3)n2)n1.CN1CCC(O)C1=O. The number of hydrogen-bond donors (Lipinski definition) is 2. The molecular formula is C25H29N7O3S. The van der Waals surface area contributed by atoms with E-state index in [2.05, 4.69) is 20.4 Å². The molecule has 10 nitrogen and oxygen atoms in total. The maximum Gasteiger partial charge on any atom is 0.257 e. The van der Waals surface area contributed by atoms with Crippen molar-refractivity contribution >= 4 is 28.9 Å². The lowest BCUT2D eigenvalue weighted by Crippen LogP contribution is -2.24. The molecule has 1 atom stereocenters. The fraction of sp³-hybridized carbons (Fsp3) is 0.320. The summed E-state index contributed by atoms with van der Waals surface area (Å²) in [5.41, 5.74) is 3.39. The first kappa shape index (κ1) is 25.3. The first-order valence-electron chi connectivity index (χ1n) is 11.5. The second-order valence-electron chi connectivity index (χ2n) is 8.55. The summed E-state index contributed by atoms with van der Waals surface area (Å²) in [5, 5.41) is 19.3. The molecule has 0 spiro atoms. The highest BCUT2D eigenvalue weighted by atomic mass is 32.1. The number of aromatic nitrogens is 5. The average Bonchev–Trinajstić information content (AvgIpc) is 3.56.